The molecular weight excluding hydrogens is 378 g/mol. The molecule has 0 saturated carbocycles. The number of nitrogens with one attached hydrogen (secondary N) is 1. The van der Waals surface area contributed by atoms with Gasteiger partial charge in [0.25, 0.3) is 0 Å². The minimum Gasteiger partial charge on any atom is -0.495 e. The maximum absolute atomic E-state index is 12.9. The molecule has 1 aromatic carbocycles. The lowest BCUT2D eigenvalue weighted by atomic mass is 9.99. The third-order valence-electron chi connectivity index (χ3n) is 5.64. The Morgan fingerprint density at radius 3 is 2.46 bits per heavy atom. The highest BCUT2D eigenvalue weighted by Crippen LogP contribution is 2.30. The summed E-state index contributed by atoms with van der Waals surface area (Å²) in [6.45, 7) is 5.45. The Kier molecular flexibility index (Phi) is 6.95. The Balaban J connectivity index is 1.72. The smallest absolute Gasteiger partial charge is 0.243 e. The van der Waals surface area contributed by atoms with E-state index in [9.17, 15) is 13.2 Å². The number of piperidine rings is 2. The summed E-state index contributed by atoms with van der Waals surface area (Å²) in [5.41, 5.74) is 0.399. The van der Waals surface area contributed by atoms with Gasteiger partial charge in [-0.15, -0.1) is 0 Å². The lowest BCUT2D eigenvalue weighted by Gasteiger charge is -2.29. The Hall–Kier alpha value is -1.64. The van der Waals surface area contributed by atoms with Crippen molar-refractivity contribution < 1.29 is 17.9 Å². The zero-order valence-corrected chi connectivity index (χ0v) is 17.6. The van der Waals surface area contributed by atoms with Crippen molar-refractivity contribution >= 4 is 21.6 Å². The number of ether oxygens (including phenoxy) is 1. The van der Waals surface area contributed by atoms with E-state index in [-0.39, 0.29) is 10.8 Å². The molecule has 0 bridgehead atoms. The first-order valence-electron chi connectivity index (χ1n) is 10.1. The summed E-state index contributed by atoms with van der Waals surface area (Å²) in [5, 5.41) is 2.85. The topological polar surface area (TPSA) is 79.0 Å². The molecule has 28 heavy (non-hydrogen) atoms. The highest BCUT2D eigenvalue weighted by atomic mass is 32.2. The van der Waals surface area contributed by atoms with Gasteiger partial charge in [0, 0.05) is 13.1 Å². The van der Waals surface area contributed by atoms with Crippen LogP contribution in [-0.2, 0) is 14.8 Å². The lowest BCUT2D eigenvalue weighted by molar-refractivity contribution is -0.117. The number of hydrogen-bond acceptors (Lipinski definition) is 5. The molecule has 3 rings (SSSR count). The fourth-order valence-electron chi connectivity index (χ4n) is 3.81. The predicted molar refractivity (Wildman–Crippen MR) is 109 cm³/mol. The van der Waals surface area contributed by atoms with Crippen LogP contribution in [0, 0.1) is 5.92 Å². The molecule has 0 atom stereocenters. The molecule has 1 N–H and O–H groups in total. The van der Waals surface area contributed by atoms with Gasteiger partial charge in [0.1, 0.15) is 5.75 Å². The van der Waals surface area contributed by atoms with Crippen LogP contribution in [0.25, 0.3) is 0 Å². The molecule has 1 aromatic rings. The minimum atomic E-state index is -3.56. The number of hydrogen-bond donors (Lipinski definition) is 1. The molecule has 0 aromatic heterocycles. The van der Waals surface area contributed by atoms with Gasteiger partial charge < -0.3 is 10.1 Å². The number of carbonyl (C=O) groups is 1. The number of nitrogens with zero attached hydrogens (tertiary/aromatic N) is 2. The van der Waals surface area contributed by atoms with Crippen LogP contribution in [-0.4, -0.2) is 63.4 Å². The monoisotopic (exact) mass is 409 g/mol. The molecule has 0 spiro atoms. The summed E-state index contributed by atoms with van der Waals surface area (Å²) < 4.78 is 32.7. The van der Waals surface area contributed by atoms with Crippen LogP contribution in [0.2, 0.25) is 0 Å². The summed E-state index contributed by atoms with van der Waals surface area (Å²) in [4.78, 5) is 14.9. The number of methoxy groups -OCH3 is 1. The average Bonchev–Trinajstić information content (AvgIpc) is 2.70. The van der Waals surface area contributed by atoms with E-state index in [0.29, 0.717) is 37.0 Å². The van der Waals surface area contributed by atoms with Crippen LogP contribution in [0.4, 0.5) is 5.69 Å². The van der Waals surface area contributed by atoms with Crippen LogP contribution in [0.1, 0.15) is 39.0 Å². The van der Waals surface area contributed by atoms with Crippen LogP contribution in [0.3, 0.4) is 0 Å². The highest BCUT2D eigenvalue weighted by molar-refractivity contribution is 7.89. The number of benzene rings is 1. The van der Waals surface area contributed by atoms with E-state index < -0.39 is 10.0 Å². The summed E-state index contributed by atoms with van der Waals surface area (Å²) in [6.07, 6.45) is 5.02. The highest BCUT2D eigenvalue weighted by Gasteiger charge is 2.27. The molecule has 0 unspecified atom stereocenters. The van der Waals surface area contributed by atoms with Crippen LogP contribution in [0.5, 0.6) is 5.75 Å². The van der Waals surface area contributed by atoms with Crippen molar-refractivity contribution in [3.05, 3.63) is 18.2 Å². The SMILES string of the molecule is COc1ccc(S(=O)(=O)N2CCCCC2)cc1NC(=O)CN1CCC(C)CC1. The number of anilines is 1. The van der Waals surface area contributed by atoms with E-state index in [0.717, 1.165) is 45.2 Å². The van der Waals surface area contributed by atoms with Gasteiger partial charge in [0.15, 0.2) is 0 Å². The Morgan fingerprint density at radius 1 is 1.14 bits per heavy atom. The molecular formula is C20H31N3O4S. The van der Waals surface area contributed by atoms with E-state index in [4.69, 9.17) is 4.74 Å². The fraction of sp³-hybridized carbons (Fsp3) is 0.650. The molecule has 0 aliphatic carbocycles. The van der Waals surface area contributed by atoms with E-state index in [1.54, 1.807) is 12.1 Å². The third kappa shape index (κ3) is 5.04. The van der Waals surface area contributed by atoms with Crippen molar-refractivity contribution in [2.45, 2.75) is 43.9 Å². The maximum atomic E-state index is 12.9. The molecule has 156 valence electrons. The van der Waals surface area contributed by atoms with Gasteiger partial charge in [-0.2, -0.15) is 4.31 Å². The second-order valence-electron chi connectivity index (χ2n) is 7.83. The van der Waals surface area contributed by atoms with Gasteiger partial charge in [-0.05, 0) is 62.9 Å². The molecule has 1 amide bonds. The largest absolute Gasteiger partial charge is 0.495 e. The Labute approximate surface area is 168 Å². The molecule has 2 saturated heterocycles. The molecule has 2 aliphatic rings. The van der Waals surface area contributed by atoms with Crippen molar-refractivity contribution in [2.24, 2.45) is 5.92 Å². The number of likely N-dealkylation sites (tertiary alicyclic amines) is 1. The van der Waals surface area contributed by atoms with Gasteiger partial charge in [-0.1, -0.05) is 13.3 Å². The summed E-state index contributed by atoms with van der Waals surface area (Å²) >= 11 is 0. The van der Waals surface area contributed by atoms with Crippen molar-refractivity contribution in [1.82, 2.24) is 9.21 Å². The zero-order valence-electron chi connectivity index (χ0n) is 16.8. The predicted octanol–water partition coefficient (Wildman–Crippen LogP) is 2.54. The normalized spacial score (nSPS) is 20.1. The second-order valence-corrected chi connectivity index (χ2v) is 9.77. The molecule has 2 heterocycles. The fourth-order valence-corrected chi connectivity index (χ4v) is 5.36. The van der Waals surface area contributed by atoms with Crippen molar-refractivity contribution in [1.29, 1.82) is 0 Å². The third-order valence-corrected chi connectivity index (χ3v) is 7.54. The first kappa shape index (κ1) is 21.1. The summed E-state index contributed by atoms with van der Waals surface area (Å²) in [5.74, 6) is 1.01. The van der Waals surface area contributed by atoms with Gasteiger partial charge in [0.05, 0.1) is 24.2 Å². The molecule has 2 aliphatic heterocycles. The van der Waals surface area contributed by atoms with Crippen molar-refractivity contribution in [3.63, 3.8) is 0 Å². The van der Waals surface area contributed by atoms with Gasteiger partial charge in [-0.3, -0.25) is 9.69 Å². The van der Waals surface area contributed by atoms with E-state index in [1.807, 2.05) is 0 Å². The van der Waals surface area contributed by atoms with Crippen molar-refractivity contribution in [2.75, 3.05) is 45.2 Å². The average molecular weight is 410 g/mol. The Morgan fingerprint density at radius 2 is 1.82 bits per heavy atom. The van der Waals surface area contributed by atoms with Crippen LogP contribution >= 0.6 is 0 Å². The maximum Gasteiger partial charge on any atom is 0.243 e. The molecule has 2 fully saturated rings. The van der Waals surface area contributed by atoms with Crippen LogP contribution in [0.15, 0.2) is 23.1 Å². The molecule has 0 radical (unpaired) electrons. The van der Waals surface area contributed by atoms with E-state index in [2.05, 4.69) is 17.1 Å². The summed E-state index contributed by atoms with van der Waals surface area (Å²) in [7, 11) is -2.05. The number of sulfonamides is 1. The standard InChI is InChI=1S/C20H31N3O4S/c1-16-8-12-22(13-9-16)15-20(24)21-18-14-17(6-7-19(18)27-2)28(25,26)23-10-4-3-5-11-23/h6-7,14,16H,3-5,8-13,15H2,1-2H3,(H,21,24). The Bertz CT molecular complexity index is 783. The minimum absolute atomic E-state index is 0.152. The first-order chi connectivity index (χ1) is 13.4. The zero-order chi connectivity index (χ0) is 20.1. The van der Waals surface area contributed by atoms with Gasteiger partial charge in [0.2, 0.25) is 15.9 Å². The number of amides is 1. The summed E-state index contributed by atoms with van der Waals surface area (Å²) in [6, 6.07) is 4.67. The second kappa shape index (κ2) is 9.24. The molecule has 8 heteroatoms. The first-order valence-corrected chi connectivity index (χ1v) is 11.5. The van der Waals surface area contributed by atoms with Gasteiger partial charge >= 0.3 is 0 Å². The van der Waals surface area contributed by atoms with Crippen molar-refractivity contribution in [3.8, 4) is 5.75 Å². The van der Waals surface area contributed by atoms with Gasteiger partial charge in [-0.25, -0.2) is 8.42 Å². The number of carbonyl (C=O) groups excluding carboxylic acids is 1. The number of rotatable bonds is 6. The quantitative estimate of drug-likeness (QED) is 0.781. The molecule has 7 nitrogen and oxygen atoms in total. The van der Waals surface area contributed by atoms with E-state index >= 15 is 0 Å². The van der Waals surface area contributed by atoms with Crippen LogP contribution < -0.4 is 10.1 Å². The lowest BCUT2D eigenvalue weighted by Crippen LogP contribution is -2.38. The van der Waals surface area contributed by atoms with E-state index in [1.165, 1.54) is 17.5 Å².